The van der Waals surface area contributed by atoms with Gasteiger partial charge in [0.15, 0.2) is 0 Å². The lowest BCUT2D eigenvalue weighted by Gasteiger charge is -2.38. The molecule has 1 atom stereocenters. The van der Waals surface area contributed by atoms with Crippen molar-refractivity contribution in [1.82, 2.24) is 15.5 Å². The van der Waals surface area contributed by atoms with Crippen LogP contribution in [0.15, 0.2) is 28.9 Å². The first-order valence-electron chi connectivity index (χ1n) is 8.82. The van der Waals surface area contributed by atoms with E-state index in [0.29, 0.717) is 25.2 Å². The number of aliphatic hydroxyl groups excluding tert-OH is 1. The fraction of sp³-hybridized carbons (Fsp3) is 0.526. The van der Waals surface area contributed by atoms with Crippen molar-refractivity contribution < 1.29 is 14.4 Å². The Morgan fingerprint density at radius 1 is 1.40 bits per heavy atom. The van der Waals surface area contributed by atoms with E-state index in [-0.39, 0.29) is 18.1 Å². The third-order valence-corrected chi connectivity index (χ3v) is 5.00. The average molecular weight is 343 g/mol. The molecule has 0 radical (unpaired) electrons. The molecule has 6 nitrogen and oxygen atoms in total. The highest BCUT2D eigenvalue weighted by Crippen LogP contribution is 2.31. The van der Waals surface area contributed by atoms with Crippen molar-refractivity contribution in [2.45, 2.75) is 58.1 Å². The molecule has 1 saturated carbocycles. The molecule has 1 unspecified atom stereocenters. The molecule has 1 amide bonds. The number of carbonyl (C=O) groups is 1. The van der Waals surface area contributed by atoms with Crippen LogP contribution in [0.5, 0.6) is 0 Å². The fourth-order valence-corrected chi connectivity index (χ4v) is 3.41. The molecule has 1 aliphatic carbocycles. The molecular formula is C19H25N3O3. The Morgan fingerprint density at radius 2 is 2.20 bits per heavy atom. The Morgan fingerprint density at radius 3 is 2.80 bits per heavy atom. The Bertz CT molecular complexity index is 688. The van der Waals surface area contributed by atoms with Gasteiger partial charge in [0.05, 0.1) is 11.8 Å². The standard InChI is InChI=1S/C19H25N3O3/c1-12-17(13(2)25-22-12)6-7-19(24)21-18(14-9-16(23)10-14)11-15-5-3-4-8-20-15/h3-5,8,14,16,18,23H,6-7,9-11H2,1-2H3,(H,21,24). The van der Waals surface area contributed by atoms with E-state index in [1.807, 2.05) is 32.0 Å². The van der Waals surface area contributed by atoms with E-state index in [1.54, 1.807) is 6.20 Å². The molecule has 3 rings (SSSR count). The van der Waals surface area contributed by atoms with Crippen molar-refractivity contribution in [3.8, 4) is 0 Å². The zero-order valence-corrected chi connectivity index (χ0v) is 14.7. The minimum atomic E-state index is -0.240. The van der Waals surface area contributed by atoms with Crippen LogP contribution in [0.1, 0.15) is 42.0 Å². The first kappa shape index (κ1) is 17.6. The minimum Gasteiger partial charge on any atom is -0.393 e. The maximum atomic E-state index is 12.4. The molecule has 2 N–H and O–H groups in total. The maximum Gasteiger partial charge on any atom is 0.220 e. The molecule has 1 fully saturated rings. The second kappa shape index (κ2) is 7.78. The number of aliphatic hydroxyl groups is 1. The monoisotopic (exact) mass is 343 g/mol. The largest absolute Gasteiger partial charge is 0.393 e. The lowest BCUT2D eigenvalue weighted by Crippen LogP contribution is -2.48. The van der Waals surface area contributed by atoms with Crippen LogP contribution < -0.4 is 5.32 Å². The Kier molecular flexibility index (Phi) is 5.48. The normalized spacial score (nSPS) is 20.8. The number of aryl methyl sites for hydroxylation is 2. The van der Waals surface area contributed by atoms with Crippen LogP contribution in [0.3, 0.4) is 0 Å². The molecule has 1 aliphatic rings. The van der Waals surface area contributed by atoms with Gasteiger partial charge in [-0.3, -0.25) is 9.78 Å². The number of aromatic nitrogens is 2. The van der Waals surface area contributed by atoms with Crippen LogP contribution in [-0.2, 0) is 17.6 Å². The Hall–Kier alpha value is -2.21. The number of rotatable bonds is 7. The van der Waals surface area contributed by atoms with Gasteiger partial charge in [0, 0.05) is 36.3 Å². The maximum absolute atomic E-state index is 12.4. The number of amides is 1. The van der Waals surface area contributed by atoms with Crippen LogP contribution in [0.25, 0.3) is 0 Å². The second-order valence-electron chi connectivity index (χ2n) is 6.89. The molecule has 25 heavy (non-hydrogen) atoms. The number of hydrogen-bond donors (Lipinski definition) is 2. The molecule has 2 aromatic heterocycles. The van der Waals surface area contributed by atoms with Crippen molar-refractivity contribution in [2.24, 2.45) is 5.92 Å². The van der Waals surface area contributed by atoms with E-state index in [0.717, 1.165) is 35.6 Å². The average Bonchev–Trinajstić information content (AvgIpc) is 2.89. The molecule has 6 heteroatoms. The summed E-state index contributed by atoms with van der Waals surface area (Å²) < 4.78 is 5.15. The zero-order chi connectivity index (χ0) is 17.8. The molecular weight excluding hydrogens is 318 g/mol. The van der Waals surface area contributed by atoms with Gasteiger partial charge in [0.25, 0.3) is 0 Å². The van der Waals surface area contributed by atoms with Crippen molar-refractivity contribution >= 4 is 5.91 Å². The van der Waals surface area contributed by atoms with Crippen LogP contribution in [0.2, 0.25) is 0 Å². The predicted molar refractivity (Wildman–Crippen MR) is 92.9 cm³/mol. The van der Waals surface area contributed by atoms with Crippen molar-refractivity contribution in [1.29, 1.82) is 0 Å². The minimum absolute atomic E-state index is 0.00969. The van der Waals surface area contributed by atoms with E-state index in [2.05, 4.69) is 15.5 Å². The summed E-state index contributed by atoms with van der Waals surface area (Å²) >= 11 is 0. The summed E-state index contributed by atoms with van der Waals surface area (Å²) in [6.45, 7) is 3.76. The summed E-state index contributed by atoms with van der Waals surface area (Å²) in [5.74, 6) is 1.10. The van der Waals surface area contributed by atoms with Crippen LogP contribution in [0, 0.1) is 19.8 Å². The molecule has 2 aromatic rings. The van der Waals surface area contributed by atoms with Gasteiger partial charge in [-0.05, 0) is 51.2 Å². The molecule has 134 valence electrons. The van der Waals surface area contributed by atoms with Gasteiger partial charge in [-0.25, -0.2) is 0 Å². The number of carbonyl (C=O) groups excluding carboxylic acids is 1. The van der Waals surface area contributed by atoms with Gasteiger partial charge in [-0.15, -0.1) is 0 Å². The molecule has 2 heterocycles. The second-order valence-corrected chi connectivity index (χ2v) is 6.89. The highest BCUT2D eigenvalue weighted by Gasteiger charge is 2.34. The van der Waals surface area contributed by atoms with E-state index in [9.17, 15) is 9.90 Å². The first-order chi connectivity index (χ1) is 12.0. The first-order valence-corrected chi connectivity index (χ1v) is 8.82. The van der Waals surface area contributed by atoms with Gasteiger partial charge in [-0.2, -0.15) is 0 Å². The molecule has 0 bridgehead atoms. The van der Waals surface area contributed by atoms with Crippen molar-refractivity contribution in [2.75, 3.05) is 0 Å². The van der Waals surface area contributed by atoms with E-state index < -0.39 is 0 Å². The Labute approximate surface area is 147 Å². The lowest BCUT2D eigenvalue weighted by molar-refractivity contribution is -0.122. The Balaban J connectivity index is 1.58. The third-order valence-electron chi connectivity index (χ3n) is 5.00. The SMILES string of the molecule is Cc1noc(C)c1CCC(=O)NC(Cc1ccccn1)C1CC(O)C1. The number of hydrogen-bond acceptors (Lipinski definition) is 5. The van der Waals surface area contributed by atoms with Gasteiger partial charge >= 0.3 is 0 Å². The van der Waals surface area contributed by atoms with E-state index >= 15 is 0 Å². The molecule has 0 spiro atoms. The quantitative estimate of drug-likeness (QED) is 0.804. The topological polar surface area (TPSA) is 88.3 Å². The van der Waals surface area contributed by atoms with Crippen LogP contribution in [-0.4, -0.2) is 33.3 Å². The van der Waals surface area contributed by atoms with E-state index in [4.69, 9.17) is 4.52 Å². The number of pyridine rings is 1. The van der Waals surface area contributed by atoms with Crippen molar-refractivity contribution in [3.05, 3.63) is 47.1 Å². The lowest BCUT2D eigenvalue weighted by atomic mass is 9.76. The molecule has 0 aliphatic heterocycles. The van der Waals surface area contributed by atoms with Crippen LogP contribution >= 0.6 is 0 Å². The van der Waals surface area contributed by atoms with Gasteiger partial charge in [0.1, 0.15) is 5.76 Å². The highest BCUT2D eigenvalue weighted by atomic mass is 16.5. The van der Waals surface area contributed by atoms with Crippen LogP contribution in [0.4, 0.5) is 0 Å². The summed E-state index contributed by atoms with van der Waals surface area (Å²) in [4.78, 5) is 16.8. The fourth-order valence-electron chi connectivity index (χ4n) is 3.41. The number of nitrogens with zero attached hydrogens (tertiary/aromatic N) is 2. The van der Waals surface area contributed by atoms with Gasteiger partial charge in [-0.1, -0.05) is 11.2 Å². The number of nitrogens with one attached hydrogen (secondary N) is 1. The summed E-state index contributed by atoms with van der Waals surface area (Å²) in [5.41, 5.74) is 2.81. The predicted octanol–water partition coefficient (Wildman–Crippen LogP) is 2.12. The van der Waals surface area contributed by atoms with Crippen molar-refractivity contribution in [3.63, 3.8) is 0 Å². The zero-order valence-electron chi connectivity index (χ0n) is 14.7. The summed E-state index contributed by atoms with van der Waals surface area (Å²) in [5, 5.41) is 16.7. The summed E-state index contributed by atoms with van der Waals surface area (Å²) in [6.07, 6.45) is 4.71. The molecule has 0 saturated heterocycles. The van der Waals surface area contributed by atoms with E-state index in [1.165, 1.54) is 0 Å². The van der Waals surface area contributed by atoms with Gasteiger partial charge in [0.2, 0.25) is 5.91 Å². The summed E-state index contributed by atoms with van der Waals surface area (Å²) in [7, 11) is 0. The highest BCUT2D eigenvalue weighted by molar-refractivity contribution is 5.76. The molecule has 0 aromatic carbocycles. The van der Waals surface area contributed by atoms with Gasteiger partial charge < -0.3 is 14.9 Å². The third kappa shape index (κ3) is 4.45. The summed E-state index contributed by atoms with van der Waals surface area (Å²) in [6, 6.07) is 5.82. The smallest absolute Gasteiger partial charge is 0.220 e.